The molecule has 0 aliphatic carbocycles. The smallest absolute Gasteiger partial charge is 0.264 e. The average molecular weight is 625 g/mol. The summed E-state index contributed by atoms with van der Waals surface area (Å²) in [7, 11) is -4.27. The number of rotatable bonds is 12. The number of amides is 2. The van der Waals surface area contributed by atoms with Gasteiger partial charge in [0, 0.05) is 18.1 Å². The third-order valence-corrected chi connectivity index (χ3v) is 9.33. The Balaban J connectivity index is 2.05. The van der Waals surface area contributed by atoms with E-state index in [1.54, 1.807) is 49.4 Å². The minimum atomic E-state index is -4.27. The molecule has 0 spiro atoms. The Labute approximate surface area is 251 Å². The molecule has 3 rings (SSSR count). The standard InChI is InChI=1S/C29H32Cl3N3O4S/c1-4-5-17-33-29(37)21(3)34(18-22-9-6-7-10-24(22)30)27(36)19-35(26-12-8-11-25(31)28(26)32)40(38,39)23-15-13-20(2)14-16-23/h6-16,21H,4-5,17-19H2,1-3H3,(H,33,37). The molecule has 3 aromatic rings. The lowest BCUT2D eigenvalue weighted by Gasteiger charge is -2.32. The van der Waals surface area contributed by atoms with Crippen LogP contribution in [0.15, 0.2) is 71.6 Å². The van der Waals surface area contributed by atoms with E-state index < -0.39 is 28.5 Å². The highest BCUT2D eigenvalue weighted by atomic mass is 35.5. The predicted molar refractivity (Wildman–Crippen MR) is 162 cm³/mol. The molecule has 0 saturated carbocycles. The van der Waals surface area contributed by atoms with E-state index in [4.69, 9.17) is 34.8 Å². The van der Waals surface area contributed by atoms with Crippen LogP contribution in [0, 0.1) is 6.92 Å². The lowest BCUT2D eigenvalue weighted by Crippen LogP contribution is -2.51. The second-order valence-electron chi connectivity index (χ2n) is 9.33. The van der Waals surface area contributed by atoms with Crippen LogP contribution in [-0.2, 0) is 26.2 Å². The molecule has 40 heavy (non-hydrogen) atoms. The highest BCUT2D eigenvalue weighted by Crippen LogP contribution is 2.35. The van der Waals surface area contributed by atoms with E-state index in [9.17, 15) is 18.0 Å². The number of nitrogens with zero attached hydrogens (tertiary/aromatic N) is 2. The van der Waals surface area contributed by atoms with Gasteiger partial charge in [-0.05, 0) is 56.2 Å². The Kier molecular flexibility index (Phi) is 11.3. The number of sulfonamides is 1. The molecule has 0 aliphatic rings. The van der Waals surface area contributed by atoms with Gasteiger partial charge in [-0.25, -0.2) is 8.42 Å². The molecule has 1 unspecified atom stereocenters. The van der Waals surface area contributed by atoms with E-state index in [1.807, 2.05) is 13.8 Å². The molecule has 214 valence electrons. The molecule has 7 nitrogen and oxygen atoms in total. The maximum atomic E-state index is 14.0. The van der Waals surface area contributed by atoms with Crippen LogP contribution >= 0.6 is 34.8 Å². The number of carbonyl (C=O) groups excluding carboxylic acids is 2. The molecule has 0 bridgehead atoms. The molecule has 0 fully saturated rings. The van der Waals surface area contributed by atoms with E-state index in [1.165, 1.54) is 29.2 Å². The highest BCUT2D eigenvalue weighted by molar-refractivity contribution is 7.92. The zero-order chi connectivity index (χ0) is 29.4. The van der Waals surface area contributed by atoms with Crippen LogP contribution in [0.3, 0.4) is 0 Å². The van der Waals surface area contributed by atoms with Crippen LogP contribution in [0.2, 0.25) is 15.1 Å². The van der Waals surface area contributed by atoms with Gasteiger partial charge in [0.25, 0.3) is 10.0 Å². The van der Waals surface area contributed by atoms with Gasteiger partial charge in [0.2, 0.25) is 11.8 Å². The van der Waals surface area contributed by atoms with E-state index in [2.05, 4.69) is 5.32 Å². The minimum Gasteiger partial charge on any atom is -0.354 e. The average Bonchev–Trinajstić information content (AvgIpc) is 2.92. The summed E-state index contributed by atoms with van der Waals surface area (Å²) < 4.78 is 28.7. The Morgan fingerprint density at radius 2 is 1.57 bits per heavy atom. The van der Waals surface area contributed by atoms with Gasteiger partial charge >= 0.3 is 0 Å². The fraction of sp³-hybridized carbons (Fsp3) is 0.310. The fourth-order valence-corrected chi connectivity index (χ4v) is 6.03. The first-order chi connectivity index (χ1) is 19.0. The van der Waals surface area contributed by atoms with Gasteiger partial charge in [-0.1, -0.05) is 90.1 Å². The van der Waals surface area contributed by atoms with Gasteiger partial charge in [0.05, 0.1) is 20.6 Å². The van der Waals surface area contributed by atoms with E-state index in [0.29, 0.717) is 17.1 Å². The van der Waals surface area contributed by atoms with Gasteiger partial charge in [0.1, 0.15) is 12.6 Å². The molecule has 1 N–H and O–H groups in total. The summed E-state index contributed by atoms with van der Waals surface area (Å²) in [5.41, 5.74) is 1.52. The van der Waals surface area contributed by atoms with Crippen molar-refractivity contribution in [3.63, 3.8) is 0 Å². The minimum absolute atomic E-state index is 0.0113. The largest absolute Gasteiger partial charge is 0.354 e. The maximum Gasteiger partial charge on any atom is 0.264 e. The summed E-state index contributed by atoms with van der Waals surface area (Å²) in [4.78, 5) is 28.3. The van der Waals surface area contributed by atoms with Crippen molar-refractivity contribution >= 4 is 62.3 Å². The molecule has 3 aromatic carbocycles. The van der Waals surface area contributed by atoms with Crippen LogP contribution in [0.1, 0.15) is 37.8 Å². The number of hydrogen-bond acceptors (Lipinski definition) is 4. The molecule has 0 aromatic heterocycles. The van der Waals surface area contributed by atoms with Crippen LogP contribution in [0.25, 0.3) is 0 Å². The Bertz CT molecular complexity index is 1450. The fourth-order valence-electron chi connectivity index (χ4n) is 3.96. The summed E-state index contributed by atoms with van der Waals surface area (Å²) in [6.07, 6.45) is 1.68. The SMILES string of the molecule is CCCCNC(=O)C(C)N(Cc1ccccc1Cl)C(=O)CN(c1cccc(Cl)c1Cl)S(=O)(=O)c1ccc(C)cc1. The number of aryl methyl sites for hydroxylation is 1. The molecular weight excluding hydrogens is 593 g/mol. The summed E-state index contributed by atoms with van der Waals surface area (Å²) in [5.74, 6) is -0.979. The number of hydrogen-bond donors (Lipinski definition) is 1. The van der Waals surface area contributed by atoms with E-state index >= 15 is 0 Å². The number of nitrogens with one attached hydrogen (secondary N) is 1. The number of carbonyl (C=O) groups is 2. The molecule has 0 aliphatic heterocycles. The number of unbranched alkanes of at least 4 members (excludes halogenated alkanes) is 1. The zero-order valence-corrected chi connectivity index (χ0v) is 25.6. The number of benzene rings is 3. The highest BCUT2D eigenvalue weighted by Gasteiger charge is 2.33. The van der Waals surface area contributed by atoms with Crippen molar-refractivity contribution in [2.45, 2.75) is 51.1 Å². The second kappa shape index (κ2) is 14.2. The molecule has 0 radical (unpaired) electrons. The van der Waals surface area contributed by atoms with E-state index in [0.717, 1.165) is 22.7 Å². The lowest BCUT2D eigenvalue weighted by molar-refractivity contribution is -0.139. The normalized spacial score (nSPS) is 12.1. The lowest BCUT2D eigenvalue weighted by atomic mass is 10.1. The van der Waals surface area contributed by atoms with Gasteiger partial charge in [0.15, 0.2) is 0 Å². The zero-order valence-electron chi connectivity index (χ0n) is 22.5. The molecule has 11 heteroatoms. The number of halogens is 3. The third-order valence-electron chi connectivity index (χ3n) is 6.38. The van der Waals surface area contributed by atoms with Crippen molar-refractivity contribution in [2.24, 2.45) is 0 Å². The molecular formula is C29H32Cl3N3O4S. The van der Waals surface area contributed by atoms with Crippen molar-refractivity contribution in [1.29, 1.82) is 0 Å². The van der Waals surface area contributed by atoms with Crippen molar-refractivity contribution in [3.8, 4) is 0 Å². The van der Waals surface area contributed by atoms with Crippen molar-refractivity contribution < 1.29 is 18.0 Å². The Hall–Kier alpha value is -2.78. The van der Waals surface area contributed by atoms with Crippen molar-refractivity contribution in [3.05, 3.63) is 92.9 Å². The van der Waals surface area contributed by atoms with Gasteiger partial charge in [-0.15, -0.1) is 0 Å². The first-order valence-corrected chi connectivity index (χ1v) is 15.4. The molecule has 0 heterocycles. The molecule has 0 saturated heterocycles. The van der Waals surface area contributed by atoms with Crippen LogP contribution in [-0.4, -0.2) is 44.3 Å². The first-order valence-electron chi connectivity index (χ1n) is 12.8. The van der Waals surface area contributed by atoms with Crippen molar-refractivity contribution in [2.75, 3.05) is 17.4 Å². The first kappa shape index (κ1) is 31.7. The summed E-state index contributed by atoms with van der Waals surface area (Å²) in [6, 6.07) is 16.9. The van der Waals surface area contributed by atoms with Gasteiger partial charge < -0.3 is 10.2 Å². The summed E-state index contributed by atoms with van der Waals surface area (Å²) in [6.45, 7) is 5.26. The Morgan fingerprint density at radius 1 is 0.925 bits per heavy atom. The van der Waals surface area contributed by atoms with Gasteiger partial charge in [-0.3, -0.25) is 13.9 Å². The van der Waals surface area contributed by atoms with Gasteiger partial charge in [-0.2, -0.15) is 0 Å². The van der Waals surface area contributed by atoms with E-state index in [-0.39, 0.29) is 33.1 Å². The predicted octanol–water partition coefficient (Wildman–Crippen LogP) is 6.48. The molecule has 2 amide bonds. The number of anilines is 1. The Morgan fingerprint density at radius 3 is 2.23 bits per heavy atom. The van der Waals surface area contributed by atoms with Crippen LogP contribution in [0.5, 0.6) is 0 Å². The van der Waals surface area contributed by atoms with Crippen LogP contribution < -0.4 is 9.62 Å². The summed E-state index contributed by atoms with van der Waals surface area (Å²) >= 11 is 19.1. The van der Waals surface area contributed by atoms with Crippen LogP contribution in [0.4, 0.5) is 5.69 Å². The molecule has 1 atom stereocenters. The maximum absolute atomic E-state index is 14.0. The summed E-state index contributed by atoms with van der Waals surface area (Å²) in [5, 5.41) is 3.38. The quantitative estimate of drug-likeness (QED) is 0.234. The topological polar surface area (TPSA) is 86.8 Å². The third kappa shape index (κ3) is 7.69. The van der Waals surface area contributed by atoms with Crippen molar-refractivity contribution in [1.82, 2.24) is 10.2 Å². The monoisotopic (exact) mass is 623 g/mol. The second-order valence-corrected chi connectivity index (χ2v) is 12.4.